The Morgan fingerprint density at radius 1 is 0.735 bits per heavy atom. The normalized spacial score (nSPS) is 14.9. The SMILES string of the molecule is CCC(C)c1ccc(OC(OCCCOc2ccccc2)C(C)(c2ccccc2)C(C)C)cc1. The highest BCUT2D eigenvalue weighted by Gasteiger charge is 2.41. The van der Waals surface area contributed by atoms with Crippen LogP contribution in [0.3, 0.4) is 0 Å². The zero-order valence-corrected chi connectivity index (χ0v) is 21.4. The predicted molar refractivity (Wildman–Crippen MR) is 141 cm³/mol. The van der Waals surface area contributed by atoms with Crippen molar-refractivity contribution in [2.75, 3.05) is 13.2 Å². The summed E-state index contributed by atoms with van der Waals surface area (Å²) in [7, 11) is 0. The lowest BCUT2D eigenvalue weighted by molar-refractivity contribution is -0.138. The molecular weight excluding hydrogens is 420 g/mol. The van der Waals surface area contributed by atoms with Crippen molar-refractivity contribution < 1.29 is 14.2 Å². The van der Waals surface area contributed by atoms with E-state index in [1.807, 2.05) is 30.3 Å². The van der Waals surface area contributed by atoms with Gasteiger partial charge in [0, 0.05) is 6.42 Å². The third-order valence-corrected chi connectivity index (χ3v) is 6.96. The minimum atomic E-state index is -0.430. The predicted octanol–water partition coefficient (Wildman–Crippen LogP) is 8.00. The third-order valence-electron chi connectivity index (χ3n) is 6.96. The Balaban J connectivity index is 1.74. The molecule has 0 saturated heterocycles. The second kappa shape index (κ2) is 12.6. The average Bonchev–Trinajstić information content (AvgIpc) is 2.88. The standard InChI is InChI=1S/C31H40O3/c1-6-25(4)26-18-20-29(21-19-26)34-30(31(5,24(2)3)27-14-9-7-10-15-27)33-23-13-22-32-28-16-11-8-12-17-28/h7-12,14-21,24-25,30H,6,13,22-23H2,1-5H3. The summed E-state index contributed by atoms with van der Waals surface area (Å²) in [4.78, 5) is 0. The molecule has 0 fully saturated rings. The first-order chi connectivity index (χ1) is 16.4. The first-order valence-electron chi connectivity index (χ1n) is 12.6. The summed E-state index contributed by atoms with van der Waals surface area (Å²) in [5.41, 5.74) is 2.23. The van der Waals surface area contributed by atoms with Crippen molar-refractivity contribution in [3.63, 3.8) is 0 Å². The van der Waals surface area contributed by atoms with E-state index in [-0.39, 0.29) is 5.41 Å². The van der Waals surface area contributed by atoms with Crippen LogP contribution in [0.4, 0.5) is 0 Å². The van der Waals surface area contributed by atoms with Crippen LogP contribution in [0.25, 0.3) is 0 Å². The first kappa shape index (κ1) is 25.8. The van der Waals surface area contributed by atoms with Gasteiger partial charge in [-0.05, 0) is 60.6 Å². The molecule has 0 aliphatic rings. The van der Waals surface area contributed by atoms with Gasteiger partial charge >= 0.3 is 0 Å². The van der Waals surface area contributed by atoms with Gasteiger partial charge in [-0.1, -0.05) is 88.4 Å². The van der Waals surface area contributed by atoms with Gasteiger partial charge in [0.1, 0.15) is 11.5 Å². The fourth-order valence-corrected chi connectivity index (χ4v) is 4.06. The summed E-state index contributed by atoms with van der Waals surface area (Å²) >= 11 is 0. The molecule has 3 aromatic carbocycles. The summed E-state index contributed by atoms with van der Waals surface area (Å²) in [5.74, 6) is 2.56. The summed E-state index contributed by atoms with van der Waals surface area (Å²) < 4.78 is 18.9. The zero-order chi connectivity index (χ0) is 24.4. The molecule has 0 N–H and O–H groups in total. The van der Waals surface area contributed by atoms with Gasteiger partial charge < -0.3 is 14.2 Å². The maximum Gasteiger partial charge on any atom is 0.209 e. The lowest BCUT2D eigenvalue weighted by atomic mass is 9.72. The molecule has 3 heteroatoms. The molecule has 3 atom stereocenters. The van der Waals surface area contributed by atoms with E-state index >= 15 is 0 Å². The minimum Gasteiger partial charge on any atom is -0.494 e. The van der Waals surface area contributed by atoms with Crippen LogP contribution in [0.15, 0.2) is 84.9 Å². The van der Waals surface area contributed by atoms with Gasteiger partial charge in [0.25, 0.3) is 0 Å². The van der Waals surface area contributed by atoms with Crippen molar-refractivity contribution in [1.82, 2.24) is 0 Å². The molecule has 0 radical (unpaired) electrons. The van der Waals surface area contributed by atoms with Crippen molar-refractivity contribution in [1.29, 1.82) is 0 Å². The van der Waals surface area contributed by atoms with Gasteiger partial charge in [-0.3, -0.25) is 0 Å². The van der Waals surface area contributed by atoms with Crippen molar-refractivity contribution in [2.24, 2.45) is 5.92 Å². The highest BCUT2D eigenvalue weighted by molar-refractivity contribution is 5.31. The minimum absolute atomic E-state index is 0.305. The van der Waals surface area contributed by atoms with E-state index in [0.717, 1.165) is 24.3 Å². The van der Waals surface area contributed by atoms with Crippen LogP contribution in [0.5, 0.6) is 11.5 Å². The molecule has 3 rings (SSSR count). The van der Waals surface area contributed by atoms with E-state index in [1.54, 1.807) is 0 Å². The van der Waals surface area contributed by atoms with E-state index in [1.165, 1.54) is 11.1 Å². The van der Waals surface area contributed by atoms with Crippen LogP contribution in [0.1, 0.15) is 64.5 Å². The maximum atomic E-state index is 6.57. The van der Waals surface area contributed by atoms with Crippen LogP contribution < -0.4 is 9.47 Å². The second-order valence-electron chi connectivity index (χ2n) is 9.52. The fraction of sp³-hybridized carbons (Fsp3) is 0.419. The third kappa shape index (κ3) is 6.64. The average molecular weight is 461 g/mol. The Labute approximate surface area is 206 Å². The second-order valence-corrected chi connectivity index (χ2v) is 9.52. The van der Waals surface area contributed by atoms with E-state index in [4.69, 9.17) is 14.2 Å². The molecule has 3 nitrogen and oxygen atoms in total. The topological polar surface area (TPSA) is 27.7 Å². The summed E-state index contributed by atoms with van der Waals surface area (Å²) in [6, 6.07) is 28.9. The molecule has 3 unspecified atom stereocenters. The lowest BCUT2D eigenvalue weighted by Gasteiger charge is -2.41. The van der Waals surface area contributed by atoms with Gasteiger partial charge in [-0.2, -0.15) is 0 Å². The van der Waals surface area contributed by atoms with Gasteiger partial charge in [0.2, 0.25) is 6.29 Å². The Morgan fingerprint density at radius 2 is 1.35 bits per heavy atom. The van der Waals surface area contributed by atoms with E-state index in [9.17, 15) is 0 Å². The van der Waals surface area contributed by atoms with Gasteiger partial charge in [0.05, 0.1) is 18.6 Å². The molecule has 0 spiro atoms. The Kier molecular flexibility index (Phi) is 9.59. The fourth-order valence-electron chi connectivity index (χ4n) is 4.06. The van der Waals surface area contributed by atoms with Crippen LogP contribution in [0, 0.1) is 5.92 Å². The van der Waals surface area contributed by atoms with Crippen molar-refractivity contribution in [3.8, 4) is 11.5 Å². The summed E-state index contributed by atoms with van der Waals surface area (Å²) in [6.45, 7) is 12.3. The number of para-hydroxylation sites is 1. The van der Waals surface area contributed by atoms with Crippen molar-refractivity contribution in [3.05, 3.63) is 96.1 Å². The van der Waals surface area contributed by atoms with E-state index in [2.05, 4.69) is 89.2 Å². The Bertz CT molecular complexity index is 953. The molecule has 34 heavy (non-hydrogen) atoms. The molecule has 0 aliphatic carbocycles. The molecule has 3 aromatic rings. The van der Waals surface area contributed by atoms with Crippen LogP contribution >= 0.6 is 0 Å². The number of hydrogen-bond donors (Lipinski definition) is 0. The highest BCUT2D eigenvalue weighted by Crippen LogP contribution is 2.38. The number of rotatable bonds is 13. The van der Waals surface area contributed by atoms with Gasteiger partial charge in [0.15, 0.2) is 0 Å². The Morgan fingerprint density at radius 3 is 1.94 bits per heavy atom. The van der Waals surface area contributed by atoms with Crippen LogP contribution in [-0.2, 0) is 10.2 Å². The zero-order valence-electron chi connectivity index (χ0n) is 21.4. The number of benzene rings is 3. The monoisotopic (exact) mass is 460 g/mol. The summed E-state index contributed by atoms with van der Waals surface area (Å²) in [5, 5.41) is 0. The maximum absolute atomic E-state index is 6.57. The van der Waals surface area contributed by atoms with Crippen LogP contribution in [0.2, 0.25) is 0 Å². The van der Waals surface area contributed by atoms with E-state index < -0.39 is 6.29 Å². The largest absolute Gasteiger partial charge is 0.494 e. The summed E-state index contributed by atoms with van der Waals surface area (Å²) in [6.07, 6.45) is 1.47. The molecule has 0 aromatic heterocycles. The quantitative estimate of drug-likeness (QED) is 0.191. The van der Waals surface area contributed by atoms with Crippen molar-refractivity contribution >= 4 is 0 Å². The molecule has 182 valence electrons. The number of ether oxygens (including phenoxy) is 3. The molecule has 0 aliphatic heterocycles. The van der Waals surface area contributed by atoms with Crippen LogP contribution in [-0.4, -0.2) is 19.5 Å². The number of hydrogen-bond acceptors (Lipinski definition) is 3. The molecular formula is C31H40O3. The van der Waals surface area contributed by atoms with Crippen molar-refractivity contribution in [2.45, 2.75) is 65.1 Å². The molecule has 0 amide bonds. The molecule has 0 bridgehead atoms. The highest BCUT2D eigenvalue weighted by atomic mass is 16.7. The van der Waals surface area contributed by atoms with E-state index in [0.29, 0.717) is 25.0 Å². The van der Waals surface area contributed by atoms with Gasteiger partial charge in [-0.15, -0.1) is 0 Å². The lowest BCUT2D eigenvalue weighted by Crippen LogP contribution is -2.47. The molecule has 0 saturated carbocycles. The Hall–Kier alpha value is -2.78. The van der Waals surface area contributed by atoms with Gasteiger partial charge in [-0.25, -0.2) is 0 Å². The molecule has 0 heterocycles. The smallest absolute Gasteiger partial charge is 0.209 e. The first-order valence-corrected chi connectivity index (χ1v) is 12.6.